The van der Waals surface area contributed by atoms with Gasteiger partial charge in [0.05, 0.1) is 38.0 Å². The Morgan fingerprint density at radius 1 is 0.809 bits per heavy atom. The summed E-state index contributed by atoms with van der Waals surface area (Å²) in [4.78, 5) is 138. The van der Waals surface area contributed by atoms with Gasteiger partial charge in [0.15, 0.2) is 0 Å². The highest BCUT2D eigenvalue weighted by Gasteiger charge is 2.39. The number of hydrogen-bond acceptors (Lipinski definition) is 15. The van der Waals surface area contributed by atoms with Gasteiger partial charge in [-0.2, -0.15) is 0 Å². The smallest absolute Gasteiger partial charge is 0.328 e. The van der Waals surface area contributed by atoms with Gasteiger partial charge in [-0.1, -0.05) is 26.0 Å². The second-order valence-electron chi connectivity index (χ2n) is 16.7. The summed E-state index contributed by atoms with van der Waals surface area (Å²) >= 11 is 0. The molecular formula is C42H62N12O14. The molecule has 26 heteroatoms. The zero-order chi connectivity index (χ0) is 50.8. The molecule has 1 aliphatic rings. The van der Waals surface area contributed by atoms with Gasteiger partial charge in [0, 0.05) is 31.3 Å². The number of carbonyl (C=O) groups is 10. The van der Waals surface area contributed by atoms with Crippen LogP contribution in [0, 0.1) is 5.92 Å². The Kier molecular flexibility index (Phi) is 21.3. The molecule has 0 saturated carbocycles. The highest BCUT2D eigenvalue weighted by Crippen LogP contribution is 2.20. The number of phenolic OH excluding ortho intramolecular Hbond substituents is 1. The Morgan fingerprint density at radius 3 is 2.00 bits per heavy atom. The zero-order valence-electron chi connectivity index (χ0n) is 38.0. The monoisotopic (exact) mass is 958 g/mol. The predicted molar refractivity (Wildman–Crippen MR) is 237 cm³/mol. The number of nitrogens with zero attached hydrogens (tertiary/aromatic N) is 2. The number of aromatic hydroxyl groups is 1. The lowest BCUT2D eigenvalue weighted by Gasteiger charge is -2.29. The zero-order valence-corrected chi connectivity index (χ0v) is 38.0. The molecule has 1 aromatic heterocycles. The van der Waals surface area contributed by atoms with Crippen LogP contribution in [0.25, 0.3) is 0 Å². The number of rotatable bonds is 26. The van der Waals surface area contributed by atoms with E-state index in [9.17, 15) is 58.2 Å². The molecule has 3 rings (SSSR count). The fourth-order valence-corrected chi connectivity index (χ4v) is 7.03. The molecule has 0 aliphatic carbocycles. The first-order chi connectivity index (χ1) is 32.0. The minimum Gasteiger partial charge on any atom is -0.508 e. The number of nitrogens with two attached hydrogens (primary N) is 2. The molecule has 9 amide bonds. The van der Waals surface area contributed by atoms with Crippen molar-refractivity contribution in [1.29, 1.82) is 0 Å². The highest BCUT2D eigenvalue weighted by atomic mass is 16.4. The van der Waals surface area contributed by atoms with E-state index in [4.69, 9.17) is 21.7 Å². The minimum atomic E-state index is -1.87. The van der Waals surface area contributed by atoms with E-state index in [-0.39, 0.29) is 31.1 Å². The number of likely N-dealkylation sites (tertiary alicyclic amines) is 1. The van der Waals surface area contributed by atoms with Gasteiger partial charge >= 0.3 is 5.97 Å². The summed E-state index contributed by atoms with van der Waals surface area (Å²) in [5.74, 6) is -9.94. The van der Waals surface area contributed by atoms with Crippen LogP contribution in [-0.4, -0.2) is 169 Å². The number of carboxylic acid groups (broad SMARTS) is 1. The number of carboxylic acids is 1. The van der Waals surface area contributed by atoms with Crippen molar-refractivity contribution in [3.05, 3.63) is 48.0 Å². The van der Waals surface area contributed by atoms with Gasteiger partial charge in [-0.05, 0) is 56.7 Å². The Balaban J connectivity index is 1.81. The van der Waals surface area contributed by atoms with Crippen molar-refractivity contribution in [2.24, 2.45) is 17.4 Å². The third-order valence-corrected chi connectivity index (χ3v) is 10.6. The van der Waals surface area contributed by atoms with Gasteiger partial charge < -0.3 is 79.0 Å². The van der Waals surface area contributed by atoms with Crippen molar-refractivity contribution in [3.8, 4) is 5.75 Å². The number of primary amides is 1. The molecule has 1 fully saturated rings. The first-order valence-electron chi connectivity index (χ1n) is 21.7. The summed E-state index contributed by atoms with van der Waals surface area (Å²) in [6.45, 7) is 4.62. The van der Waals surface area contributed by atoms with Crippen LogP contribution in [0.15, 0.2) is 36.8 Å². The van der Waals surface area contributed by atoms with Crippen LogP contribution < -0.4 is 48.7 Å². The molecule has 16 N–H and O–H groups in total. The Labute approximate surface area is 390 Å². The molecule has 26 nitrogen and oxygen atoms in total. The molecule has 1 aliphatic heterocycles. The SMILES string of the molecule is CC(C)C[C@H](N)C(=O)N1CCC[C@H]1C(=O)N[C@@H](Cc1cnc[nH]1)C(=O)N[C@@H](Cc1ccc(O)cc1)C(=O)N[C@H](C(=O)N[C@@H](CC(N)=O)C(=O)NCC(=O)N[C@@H](C)C(=O)N[C@@H](CO)C(=O)O)[C@@H](C)O. The lowest BCUT2D eigenvalue weighted by Crippen LogP contribution is -2.62. The molecular weight excluding hydrogens is 897 g/mol. The van der Waals surface area contributed by atoms with Gasteiger partial charge in [0.1, 0.15) is 48.0 Å². The maximum Gasteiger partial charge on any atom is 0.328 e. The van der Waals surface area contributed by atoms with E-state index in [1.165, 1.54) is 48.6 Å². The fourth-order valence-electron chi connectivity index (χ4n) is 7.03. The average Bonchev–Trinajstić information content (AvgIpc) is 3.98. The van der Waals surface area contributed by atoms with Crippen LogP contribution in [0.5, 0.6) is 5.75 Å². The molecule has 2 heterocycles. The van der Waals surface area contributed by atoms with Crippen molar-refractivity contribution in [1.82, 2.24) is 52.1 Å². The molecule has 0 spiro atoms. The molecule has 2 aromatic rings. The summed E-state index contributed by atoms with van der Waals surface area (Å²) in [6.07, 6.45) is 0.987. The number of phenols is 1. The predicted octanol–water partition coefficient (Wildman–Crippen LogP) is -5.36. The molecule has 0 unspecified atom stereocenters. The maximum absolute atomic E-state index is 14.2. The molecule has 1 saturated heterocycles. The third kappa shape index (κ3) is 17.2. The van der Waals surface area contributed by atoms with Crippen LogP contribution in [-0.2, 0) is 60.8 Å². The molecule has 68 heavy (non-hydrogen) atoms. The van der Waals surface area contributed by atoms with Gasteiger partial charge in [-0.15, -0.1) is 0 Å². The van der Waals surface area contributed by atoms with Gasteiger partial charge in [-0.3, -0.25) is 43.2 Å². The van der Waals surface area contributed by atoms with E-state index in [2.05, 4.69) is 41.9 Å². The lowest BCUT2D eigenvalue weighted by molar-refractivity contribution is -0.143. The Bertz CT molecular complexity index is 2100. The van der Waals surface area contributed by atoms with Crippen molar-refractivity contribution < 1.29 is 68.4 Å². The van der Waals surface area contributed by atoms with Crippen molar-refractivity contribution in [2.45, 2.75) is 121 Å². The summed E-state index contributed by atoms with van der Waals surface area (Å²) in [5, 5.41) is 54.9. The number of imidazole rings is 1. The van der Waals surface area contributed by atoms with E-state index in [1.807, 2.05) is 19.2 Å². The first-order valence-corrected chi connectivity index (χ1v) is 21.7. The topological polar surface area (TPSA) is 420 Å². The number of amides is 9. The molecule has 0 radical (unpaired) electrons. The van der Waals surface area contributed by atoms with E-state index in [0.717, 1.165) is 6.92 Å². The van der Waals surface area contributed by atoms with Crippen molar-refractivity contribution in [3.63, 3.8) is 0 Å². The number of nitrogens with one attached hydrogen (secondary N) is 8. The molecule has 0 bridgehead atoms. The standard InChI is InChI=1S/C42H62N12O14/c1-20(2)12-26(43)41(66)54-11-5-6-31(54)39(64)50-28(14-24-16-45-19-47-24)37(62)49-27(13-23-7-9-25(57)10-8-23)38(63)53-34(22(4)56)40(65)51-29(15-32(44)58)36(61)46-17-33(59)48-21(3)35(60)52-30(18-55)42(67)68/h7-10,16,19-22,26-31,34,55-57H,5-6,11-15,17-18,43H2,1-4H3,(H2,44,58)(H,45,47)(H,46,61)(H,48,59)(H,49,62)(H,50,64)(H,51,65)(H,52,60)(H,53,63)(H,67,68)/t21-,22+,26-,27-,28-,29-,30-,31-,34-/m0/s1. The maximum atomic E-state index is 14.2. The number of aliphatic hydroxyl groups is 2. The number of aliphatic carboxylic acids is 1. The Morgan fingerprint density at radius 2 is 1.43 bits per heavy atom. The van der Waals surface area contributed by atoms with E-state index in [0.29, 0.717) is 30.5 Å². The number of H-pyrrole nitrogens is 1. The van der Waals surface area contributed by atoms with E-state index in [1.54, 1.807) is 0 Å². The number of aliphatic hydroxyl groups excluding tert-OH is 2. The van der Waals surface area contributed by atoms with Crippen molar-refractivity contribution in [2.75, 3.05) is 19.7 Å². The number of benzene rings is 1. The number of aromatic nitrogens is 2. The highest BCUT2D eigenvalue weighted by molar-refractivity contribution is 5.98. The summed E-state index contributed by atoms with van der Waals surface area (Å²) in [5.41, 5.74) is 12.3. The summed E-state index contributed by atoms with van der Waals surface area (Å²) in [7, 11) is 0. The van der Waals surface area contributed by atoms with Crippen LogP contribution >= 0.6 is 0 Å². The Hall–Kier alpha value is -7.19. The fraction of sp³-hybridized carbons (Fsp3) is 0.548. The normalized spacial score (nSPS) is 16.9. The van der Waals surface area contributed by atoms with Gasteiger partial charge in [0.25, 0.3) is 0 Å². The van der Waals surface area contributed by atoms with Crippen LogP contribution in [0.2, 0.25) is 0 Å². The number of carbonyl (C=O) groups excluding carboxylic acids is 9. The van der Waals surface area contributed by atoms with E-state index >= 15 is 0 Å². The van der Waals surface area contributed by atoms with E-state index < -0.39 is 133 Å². The summed E-state index contributed by atoms with van der Waals surface area (Å²) < 4.78 is 0. The first kappa shape index (κ1) is 55.1. The number of hydrogen-bond donors (Lipinski definition) is 14. The van der Waals surface area contributed by atoms with Gasteiger partial charge in [-0.25, -0.2) is 9.78 Å². The molecule has 9 atom stereocenters. The van der Waals surface area contributed by atoms with Crippen LogP contribution in [0.3, 0.4) is 0 Å². The van der Waals surface area contributed by atoms with Crippen molar-refractivity contribution >= 4 is 59.1 Å². The average molecular weight is 959 g/mol. The largest absolute Gasteiger partial charge is 0.508 e. The second-order valence-corrected chi connectivity index (χ2v) is 16.7. The second kappa shape index (κ2) is 26.2. The van der Waals surface area contributed by atoms with Gasteiger partial charge in [0.2, 0.25) is 53.2 Å². The lowest BCUT2D eigenvalue weighted by atomic mass is 10.0. The van der Waals surface area contributed by atoms with Crippen LogP contribution in [0.1, 0.15) is 64.6 Å². The molecule has 1 aromatic carbocycles. The summed E-state index contributed by atoms with van der Waals surface area (Å²) in [6, 6.07) is -5.83. The minimum absolute atomic E-state index is 0.110. The quantitative estimate of drug-likeness (QED) is 0.0419. The molecule has 374 valence electrons. The van der Waals surface area contributed by atoms with Crippen LogP contribution in [0.4, 0.5) is 0 Å². The third-order valence-electron chi connectivity index (χ3n) is 10.6. The number of aromatic amines is 1.